The fraction of sp³-hybridized carbons (Fsp3) is 0.889. The van der Waals surface area contributed by atoms with Crippen molar-refractivity contribution in [2.75, 3.05) is 20.7 Å². The van der Waals surface area contributed by atoms with Crippen molar-refractivity contribution >= 4 is 23.0 Å². The maximum absolute atomic E-state index is 10.9. The zero-order chi connectivity index (χ0) is 9.56. The Hall–Kier alpha value is -0.0900. The van der Waals surface area contributed by atoms with E-state index in [0.717, 1.165) is 6.42 Å². The molecule has 0 N–H and O–H groups in total. The highest BCUT2D eigenvalue weighted by Crippen LogP contribution is 2.02. The Kier molecular flexibility index (Phi) is 10.1. The van der Waals surface area contributed by atoms with Gasteiger partial charge in [-0.2, -0.15) is 0 Å². The van der Waals surface area contributed by atoms with E-state index in [1.165, 1.54) is 0 Å². The van der Waals surface area contributed by atoms with Gasteiger partial charge in [-0.15, -0.1) is 17.0 Å². The largest absolute Gasteiger partial charge is 0.466 e. The van der Waals surface area contributed by atoms with Gasteiger partial charge in [0.1, 0.15) is 0 Å². The van der Waals surface area contributed by atoms with Crippen LogP contribution in [-0.2, 0) is 9.53 Å². The molecule has 0 saturated heterocycles. The van der Waals surface area contributed by atoms with Crippen LogP contribution in [0.1, 0.15) is 26.7 Å². The van der Waals surface area contributed by atoms with Gasteiger partial charge in [-0.1, -0.05) is 0 Å². The van der Waals surface area contributed by atoms with Crippen LogP contribution in [-0.4, -0.2) is 37.6 Å². The molecular formula is C9H20BrNO2. The average Bonchev–Trinajstić information content (AvgIpc) is 2.00. The smallest absolute Gasteiger partial charge is 0.305 e. The first kappa shape index (κ1) is 15.4. The quantitative estimate of drug-likeness (QED) is 0.701. The summed E-state index contributed by atoms with van der Waals surface area (Å²) in [5.74, 6) is -0.0915. The van der Waals surface area contributed by atoms with Gasteiger partial charge in [0.2, 0.25) is 0 Å². The number of nitrogens with zero attached hydrogens (tertiary/aromatic N) is 1. The van der Waals surface area contributed by atoms with Crippen LogP contribution in [0.15, 0.2) is 0 Å². The number of rotatable bonds is 5. The van der Waals surface area contributed by atoms with Crippen molar-refractivity contribution in [3.63, 3.8) is 0 Å². The molecule has 80 valence electrons. The van der Waals surface area contributed by atoms with E-state index >= 15 is 0 Å². The lowest BCUT2D eigenvalue weighted by molar-refractivity contribution is -0.143. The lowest BCUT2D eigenvalue weighted by Crippen LogP contribution is -2.25. The normalized spacial score (nSPS) is 12.1. The molecule has 1 unspecified atom stereocenters. The molecule has 0 aromatic heterocycles. The molecule has 0 heterocycles. The molecule has 0 rings (SSSR count). The van der Waals surface area contributed by atoms with Crippen LogP contribution in [0.4, 0.5) is 0 Å². The molecule has 1 atom stereocenters. The summed E-state index contributed by atoms with van der Waals surface area (Å²) in [5.41, 5.74) is 0. The van der Waals surface area contributed by atoms with Crippen LogP contribution in [0.3, 0.4) is 0 Å². The predicted molar refractivity (Wildman–Crippen MR) is 59.3 cm³/mol. The van der Waals surface area contributed by atoms with E-state index < -0.39 is 0 Å². The third-order valence-electron chi connectivity index (χ3n) is 1.95. The number of hydrogen-bond donors (Lipinski definition) is 0. The maximum Gasteiger partial charge on any atom is 0.305 e. The highest BCUT2D eigenvalue weighted by Gasteiger charge is 2.08. The molecule has 0 radical (unpaired) electrons. The molecule has 0 aromatic rings. The van der Waals surface area contributed by atoms with Crippen LogP contribution >= 0.6 is 17.0 Å². The fourth-order valence-electron chi connectivity index (χ4n) is 0.818. The second kappa shape index (κ2) is 8.51. The Morgan fingerprint density at radius 1 is 1.46 bits per heavy atom. The molecule has 3 nitrogen and oxygen atoms in total. The number of carbonyl (C=O) groups excluding carboxylic acids is 1. The van der Waals surface area contributed by atoms with Gasteiger partial charge in [0, 0.05) is 12.5 Å². The molecule has 4 heteroatoms. The van der Waals surface area contributed by atoms with Gasteiger partial charge in [-0.05, 0) is 34.4 Å². The Morgan fingerprint density at radius 3 is 2.38 bits per heavy atom. The topological polar surface area (TPSA) is 29.5 Å². The standard InChI is InChI=1S/C9H19NO2.BrH/c1-5-12-9(11)7-6-8(2)10(3)4;/h8H,5-7H2,1-4H3;1H. The highest BCUT2D eigenvalue weighted by atomic mass is 79.9. The van der Waals surface area contributed by atoms with E-state index in [9.17, 15) is 4.79 Å². The number of ether oxygens (including phenoxy) is 1. The molecule has 0 saturated carbocycles. The predicted octanol–water partition coefficient (Wildman–Crippen LogP) is 1.86. The monoisotopic (exact) mass is 253 g/mol. The molecular weight excluding hydrogens is 234 g/mol. The fourth-order valence-corrected chi connectivity index (χ4v) is 0.818. The molecule has 13 heavy (non-hydrogen) atoms. The maximum atomic E-state index is 10.9. The minimum Gasteiger partial charge on any atom is -0.466 e. The average molecular weight is 254 g/mol. The van der Waals surface area contributed by atoms with Crippen LogP contribution in [0, 0.1) is 0 Å². The van der Waals surface area contributed by atoms with Gasteiger partial charge in [0.05, 0.1) is 6.61 Å². The first-order valence-corrected chi connectivity index (χ1v) is 4.40. The van der Waals surface area contributed by atoms with Crippen molar-refractivity contribution in [3.8, 4) is 0 Å². The minimum absolute atomic E-state index is 0. The van der Waals surface area contributed by atoms with E-state index in [1.807, 2.05) is 21.0 Å². The first-order chi connectivity index (χ1) is 5.57. The molecule has 0 aliphatic carbocycles. The van der Waals surface area contributed by atoms with E-state index in [4.69, 9.17) is 4.74 Å². The molecule has 0 aromatic carbocycles. The zero-order valence-corrected chi connectivity index (χ0v) is 10.6. The Labute approximate surface area is 91.2 Å². The van der Waals surface area contributed by atoms with Crippen molar-refractivity contribution < 1.29 is 9.53 Å². The van der Waals surface area contributed by atoms with Crippen LogP contribution in [0.2, 0.25) is 0 Å². The van der Waals surface area contributed by atoms with Crippen molar-refractivity contribution in [2.24, 2.45) is 0 Å². The summed E-state index contributed by atoms with van der Waals surface area (Å²) in [6, 6.07) is 0.439. The molecule has 0 spiro atoms. The van der Waals surface area contributed by atoms with Crippen molar-refractivity contribution in [1.82, 2.24) is 4.90 Å². The zero-order valence-electron chi connectivity index (χ0n) is 8.87. The summed E-state index contributed by atoms with van der Waals surface area (Å²) in [4.78, 5) is 13.0. The van der Waals surface area contributed by atoms with Gasteiger partial charge in [0.15, 0.2) is 0 Å². The van der Waals surface area contributed by atoms with Crippen molar-refractivity contribution in [2.45, 2.75) is 32.7 Å². The van der Waals surface area contributed by atoms with Gasteiger partial charge in [-0.3, -0.25) is 4.79 Å². The minimum atomic E-state index is -0.0915. The Bertz CT molecular complexity index is 140. The molecule has 0 fully saturated rings. The summed E-state index contributed by atoms with van der Waals surface area (Å²) in [7, 11) is 4.02. The van der Waals surface area contributed by atoms with Crippen molar-refractivity contribution in [1.29, 1.82) is 0 Å². The lowest BCUT2D eigenvalue weighted by Gasteiger charge is -2.18. The van der Waals surface area contributed by atoms with E-state index in [2.05, 4.69) is 11.8 Å². The molecule has 0 bridgehead atoms. The first-order valence-electron chi connectivity index (χ1n) is 4.40. The Morgan fingerprint density at radius 2 is 2.00 bits per heavy atom. The molecule has 0 aliphatic heterocycles. The number of carbonyl (C=O) groups is 1. The summed E-state index contributed by atoms with van der Waals surface area (Å²) in [6.45, 7) is 4.40. The summed E-state index contributed by atoms with van der Waals surface area (Å²) in [6.07, 6.45) is 1.39. The molecule has 0 amide bonds. The van der Waals surface area contributed by atoms with Gasteiger partial charge in [0.25, 0.3) is 0 Å². The second-order valence-corrected chi connectivity index (χ2v) is 3.16. The summed E-state index contributed by atoms with van der Waals surface area (Å²) >= 11 is 0. The number of hydrogen-bond acceptors (Lipinski definition) is 3. The van der Waals surface area contributed by atoms with Crippen LogP contribution < -0.4 is 0 Å². The van der Waals surface area contributed by atoms with Gasteiger partial charge in [-0.25, -0.2) is 0 Å². The van der Waals surface area contributed by atoms with Crippen LogP contribution in [0.25, 0.3) is 0 Å². The summed E-state index contributed by atoms with van der Waals surface area (Å²) in [5, 5.41) is 0. The number of esters is 1. The van der Waals surface area contributed by atoms with Gasteiger partial charge >= 0.3 is 5.97 Å². The SMILES string of the molecule is Br.CCOC(=O)CCC(C)N(C)C. The number of halogens is 1. The third kappa shape index (κ3) is 8.25. The highest BCUT2D eigenvalue weighted by molar-refractivity contribution is 8.93. The van der Waals surface area contributed by atoms with E-state index in [1.54, 1.807) is 0 Å². The van der Waals surface area contributed by atoms with Crippen LogP contribution in [0.5, 0.6) is 0 Å². The second-order valence-electron chi connectivity index (χ2n) is 3.16. The van der Waals surface area contributed by atoms with Gasteiger partial charge < -0.3 is 9.64 Å². The Balaban J connectivity index is 0. The van der Waals surface area contributed by atoms with Crippen molar-refractivity contribution in [3.05, 3.63) is 0 Å². The van der Waals surface area contributed by atoms with E-state index in [0.29, 0.717) is 19.1 Å². The third-order valence-corrected chi connectivity index (χ3v) is 1.95. The molecule has 0 aliphatic rings. The lowest BCUT2D eigenvalue weighted by atomic mass is 10.2. The van der Waals surface area contributed by atoms with E-state index in [-0.39, 0.29) is 23.0 Å². The summed E-state index contributed by atoms with van der Waals surface area (Å²) < 4.78 is 4.81.